The Kier molecular flexibility index (Phi) is 6.64. The van der Waals surface area contributed by atoms with Gasteiger partial charge >= 0.3 is 0 Å². The third-order valence-electron chi connectivity index (χ3n) is 3.27. The molecule has 20 heavy (non-hydrogen) atoms. The summed E-state index contributed by atoms with van der Waals surface area (Å²) in [6.07, 6.45) is -0.320. The molecule has 2 atom stereocenters. The van der Waals surface area contributed by atoms with Gasteiger partial charge in [-0.1, -0.05) is 11.6 Å². The standard InChI is InChI=1S/C12H16ClN3O3.ClH/c13-11-3-10(16(18)19)2-1-8(11)4-14-5-9-6-15-7-12(9)17;/h1-3,9,12,14-15,17H,4-7H2;1H. The molecule has 3 N–H and O–H groups in total. The lowest BCUT2D eigenvalue weighted by Crippen LogP contribution is -2.30. The van der Waals surface area contributed by atoms with Gasteiger partial charge in [-0.3, -0.25) is 10.1 Å². The number of nitro groups is 1. The zero-order chi connectivity index (χ0) is 13.8. The van der Waals surface area contributed by atoms with Crippen molar-refractivity contribution in [1.29, 1.82) is 0 Å². The molecule has 1 aromatic carbocycles. The van der Waals surface area contributed by atoms with Crippen LogP contribution in [0, 0.1) is 16.0 Å². The van der Waals surface area contributed by atoms with Crippen molar-refractivity contribution >= 4 is 29.7 Å². The summed E-state index contributed by atoms with van der Waals surface area (Å²) < 4.78 is 0. The van der Waals surface area contributed by atoms with E-state index in [9.17, 15) is 15.2 Å². The van der Waals surface area contributed by atoms with Crippen molar-refractivity contribution in [3.8, 4) is 0 Å². The van der Waals surface area contributed by atoms with Crippen LogP contribution in [0.4, 0.5) is 5.69 Å². The van der Waals surface area contributed by atoms with Gasteiger partial charge < -0.3 is 15.7 Å². The minimum atomic E-state index is -0.469. The van der Waals surface area contributed by atoms with E-state index in [2.05, 4.69) is 10.6 Å². The molecule has 0 aromatic heterocycles. The number of β-amino-alcohol motifs (C(OH)–C–C–N with tert-alkyl or cyclic N) is 1. The maximum absolute atomic E-state index is 10.6. The number of aliphatic hydroxyl groups is 1. The number of halogens is 2. The Bertz CT molecular complexity index is 473. The lowest BCUT2D eigenvalue weighted by molar-refractivity contribution is -0.384. The summed E-state index contributed by atoms with van der Waals surface area (Å²) in [7, 11) is 0. The molecule has 112 valence electrons. The predicted octanol–water partition coefficient (Wildman–Crippen LogP) is 1.34. The van der Waals surface area contributed by atoms with E-state index in [4.69, 9.17) is 11.6 Å². The average molecular weight is 322 g/mol. The number of nitrogens with one attached hydrogen (secondary N) is 2. The van der Waals surface area contributed by atoms with Crippen LogP contribution < -0.4 is 10.6 Å². The zero-order valence-corrected chi connectivity index (χ0v) is 12.3. The number of hydrogen-bond donors (Lipinski definition) is 3. The lowest BCUT2D eigenvalue weighted by atomic mass is 10.1. The monoisotopic (exact) mass is 321 g/mol. The van der Waals surface area contributed by atoms with Gasteiger partial charge in [0, 0.05) is 44.2 Å². The Balaban J connectivity index is 0.00000200. The predicted molar refractivity (Wildman–Crippen MR) is 79.4 cm³/mol. The summed E-state index contributed by atoms with van der Waals surface area (Å²) in [4.78, 5) is 10.1. The molecular weight excluding hydrogens is 305 g/mol. The van der Waals surface area contributed by atoms with E-state index >= 15 is 0 Å². The fourth-order valence-corrected chi connectivity index (χ4v) is 2.35. The van der Waals surface area contributed by atoms with Gasteiger partial charge in [0.1, 0.15) is 0 Å². The van der Waals surface area contributed by atoms with Gasteiger partial charge in [0.15, 0.2) is 0 Å². The van der Waals surface area contributed by atoms with Crippen LogP contribution in [0.2, 0.25) is 5.02 Å². The van der Waals surface area contributed by atoms with Gasteiger partial charge in [0.2, 0.25) is 0 Å². The molecule has 2 unspecified atom stereocenters. The molecule has 1 heterocycles. The van der Waals surface area contributed by atoms with Gasteiger partial charge in [-0.2, -0.15) is 0 Å². The lowest BCUT2D eigenvalue weighted by Gasteiger charge is -2.14. The van der Waals surface area contributed by atoms with Crippen molar-refractivity contribution in [2.45, 2.75) is 12.6 Å². The van der Waals surface area contributed by atoms with Crippen molar-refractivity contribution in [1.82, 2.24) is 10.6 Å². The maximum atomic E-state index is 10.6. The van der Waals surface area contributed by atoms with Gasteiger partial charge in [0.05, 0.1) is 16.0 Å². The van der Waals surface area contributed by atoms with E-state index in [1.807, 2.05) is 0 Å². The maximum Gasteiger partial charge on any atom is 0.270 e. The molecule has 1 aliphatic heterocycles. The van der Waals surface area contributed by atoms with Crippen LogP contribution in [0.25, 0.3) is 0 Å². The third-order valence-corrected chi connectivity index (χ3v) is 3.63. The molecular formula is C12H17Cl2N3O3. The molecule has 2 rings (SSSR count). The molecule has 0 aliphatic carbocycles. The van der Waals surface area contributed by atoms with Gasteiger partial charge in [0.25, 0.3) is 5.69 Å². The summed E-state index contributed by atoms with van der Waals surface area (Å²) in [5.41, 5.74) is 0.803. The first kappa shape index (κ1) is 17.1. The van der Waals surface area contributed by atoms with Crippen LogP contribution in [-0.4, -0.2) is 35.8 Å². The summed E-state index contributed by atoms with van der Waals surface area (Å²) >= 11 is 5.99. The molecule has 0 amide bonds. The highest BCUT2D eigenvalue weighted by Gasteiger charge is 2.24. The van der Waals surface area contributed by atoms with Gasteiger partial charge in [-0.05, 0) is 11.6 Å². The number of nitro benzene ring substituents is 1. The number of hydrogen-bond acceptors (Lipinski definition) is 5. The van der Waals surface area contributed by atoms with Gasteiger partial charge in [-0.15, -0.1) is 12.4 Å². The van der Waals surface area contributed by atoms with E-state index in [0.29, 0.717) is 24.7 Å². The number of nitrogens with zero attached hydrogens (tertiary/aromatic N) is 1. The number of aliphatic hydroxyl groups excluding tert-OH is 1. The van der Waals surface area contributed by atoms with Crippen LogP contribution in [0.1, 0.15) is 5.56 Å². The summed E-state index contributed by atoms with van der Waals surface area (Å²) in [5, 5.41) is 26.9. The second kappa shape index (κ2) is 7.75. The molecule has 1 aromatic rings. The molecule has 0 bridgehead atoms. The Morgan fingerprint density at radius 3 is 2.80 bits per heavy atom. The average Bonchev–Trinajstić information content (AvgIpc) is 2.77. The van der Waals surface area contributed by atoms with Gasteiger partial charge in [-0.25, -0.2) is 0 Å². The summed E-state index contributed by atoms with van der Waals surface area (Å²) in [6.45, 7) is 2.63. The van der Waals surface area contributed by atoms with Crippen LogP contribution in [0.15, 0.2) is 18.2 Å². The number of rotatable bonds is 5. The van der Waals surface area contributed by atoms with E-state index in [-0.39, 0.29) is 30.1 Å². The zero-order valence-electron chi connectivity index (χ0n) is 10.7. The largest absolute Gasteiger partial charge is 0.391 e. The van der Waals surface area contributed by atoms with Crippen molar-refractivity contribution in [2.24, 2.45) is 5.92 Å². The van der Waals surface area contributed by atoms with Crippen LogP contribution >= 0.6 is 24.0 Å². The Morgan fingerprint density at radius 1 is 1.50 bits per heavy atom. The minimum absolute atomic E-state index is 0. The number of non-ortho nitro benzene ring substituents is 1. The summed E-state index contributed by atoms with van der Waals surface area (Å²) in [5.74, 6) is 0.192. The minimum Gasteiger partial charge on any atom is -0.391 e. The molecule has 1 saturated heterocycles. The molecule has 1 fully saturated rings. The first-order valence-corrected chi connectivity index (χ1v) is 6.48. The van der Waals surface area contributed by atoms with Crippen LogP contribution in [0.3, 0.4) is 0 Å². The van der Waals surface area contributed by atoms with Crippen molar-refractivity contribution in [3.05, 3.63) is 38.9 Å². The first-order chi connectivity index (χ1) is 9.08. The third kappa shape index (κ3) is 4.29. The number of benzene rings is 1. The molecule has 0 radical (unpaired) electrons. The second-order valence-electron chi connectivity index (χ2n) is 4.65. The quantitative estimate of drug-likeness (QED) is 0.562. The Morgan fingerprint density at radius 2 is 2.25 bits per heavy atom. The van der Waals surface area contributed by atoms with Crippen molar-refractivity contribution in [3.63, 3.8) is 0 Å². The highest BCUT2D eigenvalue weighted by atomic mass is 35.5. The molecule has 8 heteroatoms. The Hall–Kier alpha value is -0.920. The van der Waals surface area contributed by atoms with Crippen molar-refractivity contribution < 1.29 is 10.0 Å². The second-order valence-corrected chi connectivity index (χ2v) is 5.06. The van der Waals surface area contributed by atoms with Crippen LogP contribution in [0.5, 0.6) is 0 Å². The highest BCUT2D eigenvalue weighted by Crippen LogP contribution is 2.22. The molecule has 6 nitrogen and oxygen atoms in total. The van der Waals surface area contributed by atoms with E-state index < -0.39 is 4.92 Å². The van der Waals surface area contributed by atoms with E-state index in [0.717, 1.165) is 12.1 Å². The molecule has 0 saturated carbocycles. The van der Waals surface area contributed by atoms with Crippen LogP contribution in [-0.2, 0) is 6.54 Å². The molecule has 0 spiro atoms. The summed E-state index contributed by atoms with van der Waals surface area (Å²) in [6, 6.07) is 4.44. The fourth-order valence-electron chi connectivity index (χ4n) is 2.11. The SMILES string of the molecule is Cl.O=[N+]([O-])c1ccc(CNCC2CNCC2O)c(Cl)c1. The topological polar surface area (TPSA) is 87.4 Å². The highest BCUT2D eigenvalue weighted by molar-refractivity contribution is 6.31. The smallest absolute Gasteiger partial charge is 0.270 e. The Labute approximate surface area is 128 Å². The van der Waals surface area contributed by atoms with Crippen molar-refractivity contribution in [2.75, 3.05) is 19.6 Å². The van der Waals surface area contributed by atoms with E-state index in [1.54, 1.807) is 6.07 Å². The fraction of sp³-hybridized carbons (Fsp3) is 0.500. The van der Waals surface area contributed by atoms with E-state index in [1.165, 1.54) is 12.1 Å². The normalized spacial score (nSPS) is 21.5. The molecule has 1 aliphatic rings. The first-order valence-electron chi connectivity index (χ1n) is 6.10.